The number of aromatic nitrogens is 4. The van der Waals surface area contributed by atoms with Gasteiger partial charge in [0.15, 0.2) is 5.82 Å². The Morgan fingerprint density at radius 3 is 2.61 bits per heavy atom. The van der Waals surface area contributed by atoms with Gasteiger partial charge in [0.2, 0.25) is 0 Å². The summed E-state index contributed by atoms with van der Waals surface area (Å²) < 4.78 is 39.2. The van der Waals surface area contributed by atoms with Crippen LogP contribution in [0.1, 0.15) is 40.9 Å². The molecule has 1 atom stereocenters. The second-order valence-corrected chi connectivity index (χ2v) is 9.37. The summed E-state index contributed by atoms with van der Waals surface area (Å²) in [5.41, 5.74) is 3.49. The third-order valence-corrected chi connectivity index (χ3v) is 7.06. The predicted octanol–water partition coefficient (Wildman–Crippen LogP) is 2.13. The van der Waals surface area contributed by atoms with Crippen molar-refractivity contribution < 1.29 is 18.5 Å². The van der Waals surface area contributed by atoms with E-state index in [0.29, 0.717) is 34.5 Å². The van der Waals surface area contributed by atoms with Crippen LogP contribution in [0.5, 0.6) is 0 Å². The molecule has 0 amide bonds. The van der Waals surface area contributed by atoms with Gasteiger partial charge in [-0.3, -0.25) is 9.13 Å². The topological polar surface area (TPSA) is 86.2 Å². The molecule has 6 rings (SSSR count). The van der Waals surface area contributed by atoms with Crippen molar-refractivity contribution in [2.45, 2.75) is 39.8 Å². The summed E-state index contributed by atoms with van der Waals surface area (Å²) in [4.78, 5) is 13.7. The molecule has 2 aliphatic heterocycles. The molecule has 0 aliphatic carbocycles. The fourth-order valence-electron chi connectivity index (χ4n) is 5.22. The summed E-state index contributed by atoms with van der Waals surface area (Å²) in [5, 5.41) is 18.1. The Hall–Kier alpha value is -3.54. The van der Waals surface area contributed by atoms with Crippen molar-refractivity contribution in [3.63, 3.8) is 0 Å². The summed E-state index contributed by atoms with van der Waals surface area (Å²) in [6, 6.07) is 6.36. The molecule has 0 fully saturated rings. The standard InChI is InChI=1S/C25H24BF2N5O3/c1-13-10-16(11-14(2)22(13)27)33-24(21-15(3)29-7-6-19(21)30-33)32-9-8-31(25(32)34)20-5-4-18-17(23(20)28)12-36-26(18)35/h4-5,8-11,15,29,35H,6-7,12H2,1-3H3/t15-/m0/s1. The highest BCUT2D eigenvalue weighted by atomic mass is 19.1. The molecule has 11 heteroatoms. The van der Waals surface area contributed by atoms with Gasteiger partial charge in [-0.1, -0.05) is 6.07 Å². The number of hydrogen-bond acceptors (Lipinski definition) is 5. The van der Waals surface area contributed by atoms with E-state index in [1.807, 2.05) is 6.92 Å². The van der Waals surface area contributed by atoms with E-state index < -0.39 is 18.6 Å². The number of rotatable bonds is 3. The minimum atomic E-state index is -1.18. The molecule has 8 nitrogen and oxygen atoms in total. The van der Waals surface area contributed by atoms with Gasteiger partial charge in [0.05, 0.1) is 23.7 Å². The van der Waals surface area contributed by atoms with Crippen molar-refractivity contribution in [1.29, 1.82) is 0 Å². The van der Waals surface area contributed by atoms with Gasteiger partial charge in [-0.15, -0.1) is 0 Å². The number of nitrogens with one attached hydrogen (secondary N) is 1. The molecule has 36 heavy (non-hydrogen) atoms. The van der Waals surface area contributed by atoms with Crippen LogP contribution in [0.15, 0.2) is 41.5 Å². The normalized spacial score (nSPS) is 16.9. The van der Waals surface area contributed by atoms with Gasteiger partial charge in [0, 0.05) is 42.5 Å². The quantitative estimate of drug-likeness (QED) is 0.429. The first kappa shape index (κ1) is 22.9. The Labute approximate surface area is 205 Å². The lowest BCUT2D eigenvalue weighted by atomic mass is 9.79. The molecular formula is C25H24BF2N5O3. The minimum Gasteiger partial charge on any atom is -0.423 e. The summed E-state index contributed by atoms with van der Waals surface area (Å²) in [6.45, 7) is 6.06. The Balaban J connectivity index is 1.56. The van der Waals surface area contributed by atoms with Crippen molar-refractivity contribution in [1.82, 2.24) is 24.2 Å². The van der Waals surface area contributed by atoms with E-state index in [1.165, 1.54) is 21.4 Å². The van der Waals surface area contributed by atoms with Crippen LogP contribution in [-0.4, -0.2) is 37.6 Å². The fourth-order valence-corrected chi connectivity index (χ4v) is 5.22. The van der Waals surface area contributed by atoms with Gasteiger partial charge in [-0.2, -0.15) is 5.10 Å². The number of fused-ring (bicyclic) bond motifs is 2. The van der Waals surface area contributed by atoms with Crippen molar-refractivity contribution in [3.05, 3.63) is 86.7 Å². The van der Waals surface area contributed by atoms with Gasteiger partial charge < -0.3 is 15.0 Å². The molecule has 0 saturated carbocycles. The van der Waals surface area contributed by atoms with Gasteiger partial charge in [-0.05, 0) is 55.6 Å². The largest absolute Gasteiger partial charge is 0.491 e. The Kier molecular flexibility index (Phi) is 5.25. The average Bonchev–Trinajstić information content (AvgIpc) is 3.53. The Morgan fingerprint density at radius 2 is 1.86 bits per heavy atom. The van der Waals surface area contributed by atoms with Crippen LogP contribution in [-0.2, 0) is 17.7 Å². The van der Waals surface area contributed by atoms with Crippen LogP contribution < -0.4 is 16.5 Å². The predicted molar refractivity (Wildman–Crippen MR) is 130 cm³/mol. The summed E-state index contributed by atoms with van der Waals surface area (Å²) in [7, 11) is -1.18. The third kappa shape index (κ3) is 3.30. The lowest BCUT2D eigenvalue weighted by Gasteiger charge is -2.21. The molecule has 4 aromatic rings. The molecule has 4 heterocycles. The van der Waals surface area contributed by atoms with E-state index in [4.69, 9.17) is 9.75 Å². The molecule has 2 aromatic heterocycles. The van der Waals surface area contributed by atoms with Gasteiger partial charge in [0.25, 0.3) is 0 Å². The van der Waals surface area contributed by atoms with Crippen molar-refractivity contribution >= 4 is 12.6 Å². The highest BCUT2D eigenvalue weighted by Gasteiger charge is 2.32. The molecule has 0 spiro atoms. The van der Waals surface area contributed by atoms with Crippen molar-refractivity contribution in [3.8, 4) is 17.2 Å². The number of imidazole rings is 1. The average molecular weight is 491 g/mol. The molecule has 0 bridgehead atoms. The Morgan fingerprint density at radius 1 is 1.14 bits per heavy atom. The van der Waals surface area contributed by atoms with E-state index >= 15 is 4.39 Å². The molecular weight excluding hydrogens is 467 g/mol. The fraction of sp³-hybridized carbons (Fsp3) is 0.280. The monoisotopic (exact) mass is 491 g/mol. The zero-order valence-corrected chi connectivity index (χ0v) is 20.0. The number of aryl methyl sites for hydroxylation is 2. The summed E-state index contributed by atoms with van der Waals surface area (Å²) >= 11 is 0. The van der Waals surface area contributed by atoms with Gasteiger partial charge in [0.1, 0.15) is 11.6 Å². The maximum atomic E-state index is 15.3. The molecule has 0 radical (unpaired) electrons. The lowest BCUT2D eigenvalue weighted by molar-refractivity contribution is 0.272. The van der Waals surface area contributed by atoms with E-state index in [1.54, 1.807) is 42.9 Å². The molecule has 184 valence electrons. The number of benzene rings is 2. The first-order valence-electron chi connectivity index (χ1n) is 11.8. The second kappa shape index (κ2) is 8.26. The van der Waals surface area contributed by atoms with Crippen molar-refractivity contribution in [2.24, 2.45) is 0 Å². The second-order valence-electron chi connectivity index (χ2n) is 9.37. The van der Waals surface area contributed by atoms with Crippen LogP contribution in [0.3, 0.4) is 0 Å². The first-order valence-corrected chi connectivity index (χ1v) is 11.8. The van der Waals surface area contributed by atoms with Crippen LogP contribution >= 0.6 is 0 Å². The van der Waals surface area contributed by atoms with E-state index in [9.17, 15) is 14.2 Å². The van der Waals surface area contributed by atoms with Gasteiger partial charge >= 0.3 is 12.8 Å². The zero-order chi connectivity index (χ0) is 25.3. The third-order valence-electron chi connectivity index (χ3n) is 7.06. The maximum absolute atomic E-state index is 15.3. The first-order chi connectivity index (χ1) is 17.3. The molecule has 0 saturated heterocycles. The van der Waals surface area contributed by atoms with E-state index in [0.717, 1.165) is 17.8 Å². The zero-order valence-electron chi connectivity index (χ0n) is 20.0. The molecule has 2 aliphatic rings. The van der Waals surface area contributed by atoms with Crippen LogP contribution in [0.25, 0.3) is 17.2 Å². The van der Waals surface area contributed by atoms with E-state index in [2.05, 4.69) is 5.32 Å². The SMILES string of the molecule is Cc1cc(-n2nc3c(c2-n2ccn(-c4ccc5c(c4F)COB5O)c2=O)[C@H](C)NCC3)cc(C)c1F. The smallest absolute Gasteiger partial charge is 0.423 e. The maximum Gasteiger partial charge on any atom is 0.491 e. The van der Waals surface area contributed by atoms with Crippen LogP contribution in [0.4, 0.5) is 8.78 Å². The van der Waals surface area contributed by atoms with Crippen molar-refractivity contribution in [2.75, 3.05) is 6.54 Å². The highest BCUT2D eigenvalue weighted by molar-refractivity contribution is 6.61. The van der Waals surface area contributed by atoms with E-state index in [-0.39, 0.29) is 29.7 Å². The van der Waals surface area contributed by atoms with Crippen LogP contribution in [0.2, 0.25) is 0 Å². The number of halogens is 2. The van der Waals surface area contributed by atoms with Gasteiger partial charge in [-0.25, -0.2) is 18.3 Å². The lowest BCUT2D eigenvalue weighted by Crippen LogP contribution is -2.31. The highest BCUT2D eigenvalue weighted by Crippen LogP contribution is 2.31. The molecule has 2 N–H and O–H groups in total. The minimum absolute atomic E-state index is 0.0646. The van der Waals surface area contributed by atoms with Crippen LogP contribution in [0, 0.1) is 25.5 Å². The summed E-state index contributed by atoms with van der Waals surface area (Å²) in [6.07, 6.45) is 3.76. The molecule has 2 aromatic carbocycles. The number of hydrogen-bond donors (Lipinski definition) is 2. The number of nitrogens with zero attached hydrogens (tertiary/aromatic N) is 4. The summed E-state index contributed by atoms with van der Waals surface area (Å²) in [5.74, 6) is -0.366. The molecule has 0 unspecified atom stereocenters. The Bertz CT molecular complexity index is 1570.